The number of furan rings is 1. The Morgan fingerprint density at radius 3 is 2.48 bits per heavy atom. The number of benzene rings is 1. The first-order chi connectivity index (χ1) is 13.2. The van der Waals surface area contributed by atoms with Crippen molar-refractivity contribution in [3.05, 3.63) is 54.0 Å². The number of halogens is 1. The Kier molecular flexibility index (Phi) is 9.59. The Balaban J connectivity index is 0.00000420. The molecule has 29 heavy (non-hydrogen) atoms. The third kappa shape index (κ3) is 6.69. The lowest BCUT2D eigenvalue weighted by molar-refractivity contribution is 0.0386. The number of rotatable bonds is 8. The van der Waals surface area contributed by atoms with Crippen molar-refractivity contribution >= 4 is 40.0 Å². The van der Waals surface area contributed by atoms with E-state index in [4.69, 9.17) is 4.42 Å². The predicted molar refractivity (Wildman–Crippen MR) is 124 cm³/mol. The summed E-state index contributed by atoms with van der Waals surface area (Å²) in [5.74, 6) is 0.907. The molecule has 1 heterocycles. The highest BCUT2D eigenvalue weighted by Crippen LogP contribution is 2.20. The summed E-state index contributed by atoms with van der Waals surface area (Å²) in [4.78, 5) is 4.70. The first kappa shape index (κ1) is 25.4. The average Bonchev–Trinajstić information content (AvgIpc) is 3.20. The molecule has 0 aliphatic carbocycles. The molecule has 0 aliphatic heterocycles. The van der Waals surface area contributed by atoms with Crippen molar-refractivity contribution in [2.45, 2.75) is 30.9 Å². The van der Waals surface area contributed by atoms with Gasteiger partial charge in [0, 0.05) is 20.6 Å². The van der Waals surface area contributed by atoms with E-state index in [0.29, 0.717) is 23.8 Å². The van der Waals surface area contributed by atoms with Crippen molar-refractivity contribution in [3.8, 4) is 0 Å². The second-order valence-electron chi connectivity index (χ2n) is 6.70. The lowest BCUT2D eigenvalue weighted by atomic mass is 10.0. The first-order valence-corrected chi connectivity index (χ1v) is 10.4. The van der Waals surface area contributed by atoms with Gasteiger partial charge in [-0.1, -0.05) is 18.2 Å². The van der Waals surface area contributed by atoms with Crippen LogP contribution in [0, 0.1) is 0 Å². The number of sulfonamides is 1. The van der Waals surface area contributed by atoms with Crippen LogP contribution in [0.4, 0.5) is 0 Å². The molecule has 0 amide bonds. The Morgan fingerprint density at radius 2 is 1.90 bits per heavy atom. The van der Waals surface area contributed by atoms with Gasteiger partial charge in [0.25, 0.3) is 0 Å². The third-order valence-electron chi connectivity index (χ3n) is 4.14. The van der Waals surface area contributed by atoms with Gasteiger partial charge in [0.1, 0.15) is 11.4 Å². The molecule has 1 aromatic heterocycles. The fourth-order valence-electron chi connectivity index (χ4n) is 2.52. The van der Waals surface area contributed by atoms with Gasteiger partial charge in [-0.15, -0.1) is 24.0 Å². The van der Waals surface area contributed by atoms with Gasteiger partial charge in [0.15, 0.2) is 5.96 Å². The van der Waals surface area contributed by atoms with E-state index in [9.17, 15) is 13.5 Å². The summed E-state index contributed by atoms with van der Waals surface area (Å²) in [5.41, 5.74) is -0.627. The molecule has 0 radical (unpaired) electrons. The average molecular weight is 536 g/mol. The molecule has 0 saturated heterocycles. The number of aliphatic hydroxyl groups is 1. The topological polar surface area (TPSA) is 107 Å². The molecule has 2 rings (SSSR count). The van der Waals surface area contributed by atoms with Crippen LogP contribution in [0.1, 0.15) is 25.2 Å². The Labute approximate surface area is 189 Å². The van der Waals surface area contributed by atoms with Gasteiger partial charge in [-0.25, -0.2) is 17.7 Å². The number of nitrogens with one attached hydrogen (secondary N) is 2. The van der Waals surface area contributed by atoms with Gasteiger partial charge >= 0.3 is 0 Å². The highest BCUT2D eigenvalue weighted by atomic mass is 127. The lowest BCUT2D eigenvalue weighted by Crippen LogP contribution is -2.44. The first-order valence-electron chi connectivity index (χ1n) is 8.97. The van der Waals surface area contributed by atoms with Crippen LogP contribution in [0.25, 0.3) is 0 Å². The molecule has 1 atom stereocenters. The zero-order chi connectivity index (χ0) is 20.8. The van der Waals surface area contributed by atoms with Crippen LogP contribution >= 0.6 is 24.0 Å². The van der Waals surface area contributed by atoms with Gasteiger partial charge in [-0.05, 0) is 37.6 Å². The van der Waals surface area contributed by atoms with E-state index >= 15 is 0 Å². The van der Waals surface area contributed by atoms with E-state index in [-0.39, 0.29) is 42.0 Å². The Morgan fingerprint density at radius 1 is 1.21 bits per heavy atom. The van der Waals surface area contributed by atoms with Crippen molar-refractivity contribution in [1.82, 2.24) is 14.9 Å². The SMILES string of the molecule is CCNC(=NCc1ccccc1S(=O)(=O)N(C)C)NCC(C)(O)c1ccco1.I. The van der Waals surface area contributed by atoms with Gasteiger partial charge in [-0.2, -0.15) is 0 Å². The zero-order valence-corrected chi connectivity index (χ0v) is 20.2. The molecule has 0 aliphatic rings. The minimum absolute atomic E-state index is 0. The normalized spacial score (nSPS) is 14.2. The quantitative estimate of drug-likeness (QED) is 0.271. The number of guanidine groups is 1. The molecule has 0 spiro atoms. The minimum atomic E-state index is -3.56. The van der Waals surface area contributed by atoms with Crippen molar-refractivity contribution < 1.29 is 17.9 Å². The second kappa shape index (κ2) is 11.0. The third-order valence-corrected chi connectivity index (χ3v) is 6.05. The predicted octanol–water partition coefficient (Wildman–Crippen LogP) is 2.11. The van der Waals surface area contributed by atoms with Crippen LogP contribution in [-0.4, -0.2) is 51.0 Å². The summed E-state index contributed by atoms with van der Waals surface area (Å²) in [6.07, 6.45) is 1.51. The Bertz CT molecular complexity index is 897. The zero-order valence-electron chi connectivity index (χ0n) is 17.0. The molecular formula is C19H29IN4O4S. The molecule has 0 bridgehead atoms. The van der Waals surface area contributed by atoms with Crippen LogP contribution in [0.3, 0.4) is 0 Å². The maximum Gasteiger partial charge on any atom is 0.242 e. The second-order valence-corrected chi connectivity index (χ2v) is 8.82. The highest BCUT2D eigenvalue weighted by Gasteiger charge is 2.26. The molecule has 10 heteroatoms. The summed E-state index contributed by atoms with van der Waals surface area (Å²) in [5, 5.41) is 16.7. The maximum absolute atomic E-state index is 12.5. The Hall–Kier alpha value is -1.63. The molecule has 2 aromatic rings. The molecule has 0 fully saturated rings. The molecule has 3 N–H and O–H groups in total. The monoisotopic (exact) mass is 536 g/mol. The fourth-order valence-corrected chi connectivity index (χ4v) is 3.62. The van der Waals surface area contributed by atoms with Crippen molar-refractivity contribution in [2.24, 2.45) is 4.99 Å². The number of nitrogens with zero attached hydrogens (tertiary/aromatic N) is 2. The van der Waals surface area contributed by atoms with Gasteiger partial charge < -0.3 is 20.2 Å². The van der Waals surface area contributed by atoms with Crippen molar-refractivity contribution in [1.29, 1.82) is 0 Å². The number of hydrogen-bond donors (Lipinski definition) is 3. The standard InChI is InChI=1S/C19H28N4O4S.HI/c1-5-20-18(22-14-19(2,24)17-11-8-12-27-17)21-13-15-9-6-7-10-16(15)28(25,26)23(3)4;/h6-12,24H,5,13-14H2,1-4H3,(H2,20,21,22);1H. The van der Waals surface area contributed by atoms with Crippen LogP contribution in [0.15, 0.2) is 57.0 Å². The summed E-state index contributed by atoms with van der Waals surface area (Å²) in [6, 6.07) is 10.2. The molecular weight excluding hydrogens is 507 g/mol. The number of hydrogen-bond acceptors (Lipinski definition) is 5. The maximum atomic E-state index is 12.5. The summed E-state index contributed by atoms with van der Waals surface area (Å²) < 4.78 is 31.5. The van der Waals surface area contributed by atoms with Crippen LogP contribution in [0.2, 0.25) is 0 Å². The molecule has 1 unspecified atom stereocenters. The van der Waals surface area contributed by atoms with Gasteiger partial charge in [0.05, 0.1) is 24.2 Å². The van der Waals surface area contributed by atoms with E-state index in [2.05, 4.69) is 15.6 Å². The minimum Gasteiger partial charge on any atom is -0.466 e. The van der Waals surface area contributed by atoms with E-state index in [0.717, 1.165) is 0 Å². The van der Waals surface area contributed by atoms with Crippen LogP contribution < -0.4 is 10.6 Å². The molecule has 0 saturated carbocycles. The van der Waals surface area contributed by atoms with Gasteiger partial charge in [0.2, 0.25) is 10.0 Å². The lowest BCUT2D eigenvalue weighted by Gasteiger charge is -2.22. The van der Waals surface area contributed by atoms with E-state index in [1.807, 2.05) is 6.92 Å². The van der Waals surface area contributed by atoms with Crippen molar-refractivity contribution in [2.75, 3.05) is 27.2 Å². The van der Waals surface area contributed by atoms with Gasteiger partial charge in [-0.3, -0.25) is 0 Å². The van der Waals surface area contributed by atoms with E-state index < -0.39 is 15.6 Å². The summed E-state index contributed by atoms with van der Waals surface area (Å²) in [6.45, 7) is 4.52. The number of aliphatic imine (C=N–C) groups is 1. The fraction of sp³-hybridized carbons (Fsp3) is 0.421. The molecule has 162 valence electrons. The van der Waals surface area contributed by atoms with E-state index in [1.54, 1.807) is 43.3 Å². The van der Waals surface area contributed by atoms with E-state index in [1.165, 1.54) is 24.7 Å². The smallest absolute Gasteiger partial charge is 0.242 e. The van der Waals surface area contributed by atoms with Crippen LogP contribution in [-0.2, 0) is 22.2 Å². The largest absolute Gasteiger partial charge is 0.466 e. The molecule has 1 aromatic carbocycles. The summed E-state index contributed by atoms with van der Waals surface area (Å²) >= 11 is 0. The van der Waals surface area contributed by atoms with Crippen molar-refractivity contribution in [3.63, 3.8) is 0 Å². The summed E-state index contributed by atoms with van der Waals surface area (Å²) in [7, 11) is -0.567. The van der Waals surface area contributed by atoms with Crippen LogP contribution in [0.5, 0.6) is 0 Å². The molecule has 8 nitrogen and oxygen atoms in total. The highest BCUT2D eigenvalue weighted by molar-refractivity contribution is 14.0.